The predicted molar refractivity (Wildman–Crippen MR) is 162 cm³/mol. The summed E-state index contributed by atoms with van der Waals surface area (Å²) in [6.07, 6.45) is 0. The molecule has 44 heavy (non-hydrogen) atoms. The number of benzene rings is 3. The standard InChI is InChI=1S/C33H28N2O8S/c1-3-40-32(39)30-19(2)34-33(44-30)35-27(21-10-7-11-23(16-21)43-18-20-8-5-4-6-9-20)26(29(37)31(35)38)28(36)22-12-13-24-25(17-22)42-15-14-41-24/h4-13,16-17,27,36H,3,14-15,18H2,1-2H3/t27-/m0/s1. The molecule has 0 aliphatic carbocycles. The second kappa shape index (κ2) is 12.2. The second-order valence-electron chi connectivity index (χ2n) is 10.0. The number of thiazole rings is 1. The number of carbonyl (C=O) groups is 3. The minimum absolute atomic E-state index is 0.120. The van der Waals surface area contributed by atoms with Crippen LogP contribution in [-0.4, -0.2) is 47.6 Å². The van der Waals surface area contributed by atoms with Gasteiger partial charge < -0.3 is 24.1 Å². The van der Waals surface area contributed by atoms with E-state index in [1.54, 1.807) is 56.3 Å². The normalized spacial score (nSPS) is 17.0. The van der Waals surface area contributed by atoms with Crippen molar-refractivity contribution >= 4 is 39.9 Å². The molecule has 10 nitrogen and oxygen atoms in total. The number of ether oxygens (including phenoxy) is 4. The highest BCUT2D eigenvalue weighted by molar-refractivity contribution is 7.17. The zero-order valence-electron chi connectivity index (χ0n) is 23.9. The van der Waals surface area contributed by atoms with Gasteiger partial charge in [0.2, 0.25) is 0 Å². The van der Waals surface area contributed by atoms with Crippen LogP contribution >= 0.6 is 11.3 Å². The van der Waals surface area contributed by atoms with Crippen molar-refractivity contribution in [3.8, 4) is 17.2 Å². The SMILES string of the molecule is CCOC(=O)c1sc(N2C(=O)C(=O)C(=C(O)c3ccc4c(c3)OCCO4)[C@@H]2c2cccc(OCc3ccccc3)c2)nc1C. The average Bonchev–Trinajstić information content (AvgIpc) is 3.56. The van der Waals surface area contributed by atoms with E-state index in [0.717, 1.165) is 16.9 Å². The van der Waals surface area contributed by atoms with Gasteiger partial charge in [-0.15, -0.1) is 0 Å². The summed E-state index contributed by atoms with van der Waals surface area (Å²) in [7, 11) is 0. The number of fused-ring (bicyclic) bond motifs is 1. The fraction of sp³-hybridized carbons (Fsp3) is 0.212. The van der Waals surface area contributed by atoms with E-state index in [0.29, 0.717) is 48.3 Å². The molecule has 1 N–H and O–H groups in total. The molecule has 3 heterocycles. The second-order valence-corrected chi connectivity index (χ2v) is 11.0. The third-order valence-electron chi connectivity index (χ3n) is 7.13. The lowest BCUT2D eigenvalue weighted by Gasteiger charge is -2.24. The van der Waals surface area contributed by atoms with Gasteiger partial charge in [-0.05, 0) is 55.3 Å². The maximum Gasteiger partial charge on any atom is 0.350 e. The number of hydrogen-bond acceptors (Lipinski definition) is 10. The number of rotatable bonds is 8. The van der Waals surface area contributed by atoms with Gasteiger partial charge in [-0.2, -0.15) is 0 Å². The van der Waals surface area contributed by atoms with E-state index in [9.17, 15) is 19.5 Å². The largest absolute Gasteiger partial charge is 0.507 e. The number of aromatic nitrogens is 1. The molecule has 1 atom stereocenters. The number of esters is 1. The van der Waals surface area contributed by atoms with E-state index in [1.165, 1.54) is 4.90 Å². The number of aliphatic hydroxyl groups excluding tert-OH is 1. The lowest BCUT2D eigenvalue weighted by Crippen LogP contribution is -2.29. The van der Waals surface area contributed by atoms with Gasteiger partial charge in [0.25, 0.3) is 5.78 Å². The average molecular weight is 613 g/mol. The summed E-state index contributed by atoms with van der Waals surface area (Å²) in [6, 6.07) is 20.3. The van der Waals surface area contributed by atoms with Gasteiger partial charge in [0.15, 0.2) is 16.6 Å². The summed E-state index contributed by atoms with van der Waals surface area (Å²) in [6.45, 7) is 4.53. The number of amides is 1. The van der Waals surface area contributed by atoms with Gasteiger partial charge in [0, 0.05) is 5.56 Å². The molecule has 1 fully saturated rings. The lowest BCUT2D eigenvalue weighted by molar-refractivity contribution is -0.132. The first kappa shape index (κ1) is 28.9. The number of nitrogens with zero attached hydrogens (tertiary/aromatic N) is 2. The Hall–Kier alpha value is -5.16. The minimum Gasteiger partial charge on any atom is -0.507 e. The summed E-state index contributed by atoms with van der Waals surface area (Å²) in [5.41, 5.74) is 1.95. The molecule has 11 heteroatoms. The van der Waals surface area contributed by atoms with Crippen LogP contribution in [0.4, 0.5) is 5.13 Å². The van der Waals surface area contributed by atoms with Crippen molar-refractivity contribution in [2.45, 2.75) is 26.5 Å². The van der Waals surface area contributed by atoms with E-state index in [4.69, 9.17) is 18.9 Å². The molecule has 2 aliphatic heterocycles. The molecule has 224 valence electrons. The summed E-state index contributed by atoms with van der Waals surface area (Å²) in [5.74, 6) is -1.33. The third-order valence-corrected chi connectivity index (χ3v) is 8.27. The molecule has 0 spiro atoms. The number of carbonyl (C=O) groups excluding carboxylic acids is 3. The molecule has 6 rings (SSSR count). The maximum absolute atomic E-state index is 13.7. The summed E-state index contributed by atoms with van der Waals surface area (Å²) in [4.78, 5) is 45.9. The van der Waals surface area contributed by atoms with Crippen LogP contribution in [0.5, 0.6) is 17.2 Å². The number of aryl methyl sites for hydroxylation is 1. The Labute approximate surface area is 257 Å². The van der Waals surface area contributed by atoms with E-state index in [-0.39, 0.29) is 33.5 Å². The summed E-state index contributed by atoms with van der Waals surface area (Å²) in [5, 5.41) is 11.7. The number of hydrogen-bond donors (Lipinski definition) is 1. The van der Waals surface area contributed by atoms with Crippen LogP contribution < -0.4 is 19.1 Å². The van der Waals surface area contributed by atoms with Crippen molar-refractivity contribution in [3.63, 3.8) is 0 Å². The van der Waals surface area contributed by atoms with Crippen molar-refractivity contribution < 1.29 is 38.4 Å². The van der Waals surface area contributed by atoms with Gasteiger partial charge in [-0.25, -0.2) is 9.78 Å². The van der Waals surface area contributed by atoms with Crippen LogP contribution in [0.1, 0.15) is 45.0 Å². The van der Waals surface area contributed by atoms with Crippen molar-refractivity contribution in [1.82, 2.24) is 4.98 Å². The molecule has 0 saturated carbocycles. The highest BCUT2D eigenvalue weighted by Gasteiger charge is 2.48. The van der Waals surface area contributed by atoms with E-state index in [2.05, 4.69) is 4.98 Å². The predicted octanol–water partition coefficient (Wildman–Crippen LogP) is 5.60. The molecular weight excluding hydrogens is 584 g/mol. The zero-order chi connectivity index (χ0) is 30.8. The zero-order valence-corrected chi connectivity index (χ0v) is 24.8. The first-order valence-corrected chi connectivity index (χ1v) is 14.8. The summed E-state index contributed by atoms with van der Waals surface area (Å²) < 4.78 is 22.5. The first-order valence-electron chi connectivity index (χ1n) is 14.0. The lowest BCUT2D eigenvalue weighted by atomic mass is 9.95. The molecule has 3 aromatic carbocycles. The molecule has 4 aromatic rings. The molecule has 0 bridgehead atoms. The molecule has 2 aliphatic rings. The Morgan fingerprint density at radius 3 is 2.57 bits per heavy atom. The van der Waals surface area contributed by atoms with Crippen molar-refractivity contribution in [2.24, 2.45) is 0 Å². The number of Topliss-reactive ketones (excluding diaryl/α,β-unsaturated/α-hetero) is 1. The number of aliphatic hydroxyl groups is 1. The first-order chi connectivity index (χ1) is 21.4. The fourth-order valence-electron chi connectivity index (χ4n) is 5.08. The van der Waals surface area contributed by atoms with Crippen LogP contribution in [0.25, 0.3) is 5.76 Å². The van der Waals surface area contributed by atoms with Gasteiger partial charge in [0.1, 0.15) is 36.2 Å². The van der Waals surface area contributed by atoms with E-state index in [1.807, 2.05) is 30.3 Å². The van der Waals surface area contributed by atoms with Crippen LogP contribution in [0, 0.1) is 6.92 Å². The smallest absolute Gasteiger partial charge is 0.350 e. The molecule has 0 radical (unpaired) electrons. The van der Waals surface area contributed by atoms with Crippen molar-refractivity contribution in [1.29, 1.82) is 0 Å². The Morgan fingerprint density at radius 2 is 1.80 bits per heavy atom. The summed E-state index contributed by atoms with van der Waals surface area (Å²) >= 11 is 0.944. The maximum atomic E-state index is 13.7. The number of anilines is 1. The van der Waals surface area contributed by atoms with Crippen molar-refractivity contribution in [3.05, 3.63) is 106 Å². The van der Waals surface area contributed by atoms with Crippen LogP contribution in [0.3, 0.4) is 0 Å². The quantitative estimate of drug-likeness (QED) is 0.117. The molecular formula is C33H28N2O8S. The van der Waals surface area contributed by atoms with Gasteiger partial charge in [-0.1, -0.05) is 53.8 Å². The van der Waals surface area contributed by atoms with E-state index < -0.39 is 23.7 Å². The van der Waals surface area contributed by atoms with Crippen LogP contribution in [0.15, 0.2) is 78.4 Å². The van der Waals surface area contributed by atoms with Gasteiger partial charge in [-0.3, -0.25) is 14.5 Å². The van der Waals surface area contributed by atoms with Crippen molar-refractivity contribution in [2.75, 3.05) is 24.7 Å². The minimum atomic E-state index is -1.08. The molecule has 1 aromatic heterocycles. The third kappa shape index (κ3) is 5.49. The Kier molecular flexibility index (Phi) is 8.03. The topological polar surface area (TPSA) is 124 Å². The fourth-order valence-corrected chi connectivity index (χ4v) is 6.07. The monoisotopic (exact) mass is 612 g/mol. The highest BCUT2D eigenvalue weighted by Crippen LogP contribution is 2.45. The van der Waals surface area contributed by atoms with Crippen LogP contribution in [0.2, 0.25) is 0 Å². The van der Waals surface area contributed by atoms with Crippen LogP contribution in [-0.2, 0) is 20.9 Å². The van der Waals surface area contributed by atoms with Gasteiger partial charge >= 0.3 is 11.9 Å². The molecule has 1 saturated heterocycles. The number of ketones is 1. The Bertz CT molecular complexity index is 1780. The Balaban J connectivity index is 1.46. The molecule has 0 unspecified atom stereocenters. The molecule has 1 amide bonds. The van der Waals surface area contributed by atoms with Gasteiger partial charge in [0.05, 0.1) is 23.9 Å². The van der Waals surface area contributed by atoms with E-state index >= 15 is 0 Å². The Morgan fingerprint density at radius 1 is 1.02 bits per heavy atom. The highest BCUT2D eigenvalue weighted by atomic mass is 32.1.